The van der Waals surface area contributed by atoms with Crippen molar-refractivity contribution in [2.45, 2.75) is 24.9 Å². The molecule has 1 N–H and O–H groups in total. The van der Waals surface area contributed by atoms with E-state index < -0.39 is 12.0 Å². The Bertz CT molecular complexity index is 709. The quantitative estimate of drug-likeness (QED) is 0.904. The van der Waals surface area contributed by atoms with Gasteiger partial charge in [0.15, 0.2) is 0 Å². The summed E-state index contributed by atoms with van der Waals surface area (Å²) >= 11 is 12.4. The van der Waals surface area contributed by atoms with Crippen LogP contribution in [0.4, 0.5) is 0 Å². The fourth-order valence-corrected chi connectivity index (χ4v) is 3.69. The lowest BCUT2D eigenvalue weighted by Crippen LogP contribution is -2.39. The van der Waals surface area contributed by atoms with Crippen molar-refractivity contribution in [3.05, 3.63) is 63.9 Å². The molecule has 0 bridgehead atoms. The van der Waals surface area contributed by atoms with E-state index in [1.807, 2.05) is 23.1 Å². The Kier molecular flexibility index (Phi) is 4.85. The number of rotatable bonds is 4. The lowest BCUT2D eigenvalue weighted by molar-refractivity contribution is -0.142. The van der Waals surface area contributed by atoms with Crippen molar-refractivity contribution in [2.75, 3.05) is 6.54 Å². The molecule has 1 aromatic heterocycles. The summed E-state index contributed by atoms with van der Waals surface area (Å²) in [7, 11) is 0. The van der Waals surface area contributed by atoms with Gasteiger partial charge in [-0.3, -0.25) is 14.7 Å². The number of aliphatic carboxylic acids is 1. The maximum atomic E-state index is 11.6. The average molecular weight is 351 g/mol. The molecular formula is C17H16Cl2N2O2. The van der Waals surface area contributed by atoms with Gasteiger partial charge in [0.2, 0.25) is 0 Å². The molecular weight excluding hydrogens is 335 g/mol. The first-order valence-corrected chi connectivity index (χ1v) is 8.17. The Morgan fingerprint density at radius 1 is 1.35 bits per heavy atom. The van der Waals surface area contributed by atoms with Gasteiger partial charge in [0.1, 0.15) is 6.04 Å². The molecule has 2 aromatic rings. The summed E-state index contributed by atoms with van der Waals surface area (Å²) in [5.41, 5.74) is 1.77. The average Bonchev–Trinajstić information content (AvgIpc) is 3.00. The molecule has 0 saturated carbocycles. The van der Waals surface area contributed by atoms with E-state index in [2.05, 4.69) is 4.98 Å². The molecule has 120 valence electrons. The van der Waals surface area contributed by atoms with Crippen molar-refractivity contribution in [1.29, 1.82) is 0 Å². The highest BCUT2D eigenvalue weighted by Crippen LogP contribution is 2.38. The van der Waals surface area contributed by atoms with Gasteiger partial charge in [-0.2, -0.15) is 0 Å². The summed E-state index contributed by atoms with van der Waals surface area (Å²) in [6.07, 6.45) is 4.94. The third-order valence-corrected chi connectivity index (χ3v) is 4.73. The van der Waals surface area contributed by atoms with E-state index in [1.165, 1.54) is 0 Å². The molecule has 0 radical (unpaired) electrons. The summed E-state index contributed by atoms with van der Waals surface area (Å²) in [5.74, 6) is -0.804. The van der Waals surface area contributed by atoms with Gasteiger partial charge < -0.3 is 5.11 Å². The molecule has 23 heavy (non-hydrogen) atoms. The molecule has 2 unspecified atom stereocenters. The molecule has 3 rings (SSSR count). The second kappa shape index (κ2) is 6.87. The van der Waals surface area contributed by atoms with Crippen LogP contribution in [0.2, 0.25) is 10.0 Å². The molecule has 1 aliphatic rings. The molecule has 1 aliphatic heterocycles. The number of hydrogen-bond donors (Lipinski definition) is 1. The lowest BCUT2D eigenvalue weighted by Gasteiger charge is -2.32. The number of likely N-dealkylation sites (tertiary alicyclic amines) is 1. The number of benzene rings is 1. The van der Waals surface area contributed by atoms with Gasteiger partial charge in [0.05, 0.1) is 6.04 Å². The van der Waals surface area contributed by atoms with Crippen LogP contribution in [-0.2, 0) is 4.79 Å². The Labute approximate surface area is 144 Å². The first kappa shape index (κ1) is 16.2. The molecule has 4 nitrogen and oxygen atoms in total. The second-order valence-corrected chi connectivity index (χ2v) is 6.43. The van der Waals surface area contributed by atoms with E-state index in [-0.39, 0.29) is 6.04 Å². The minimum absolute atomic E-state index is 0.253. The van der Waals surface area contributed by atoms with Crippen molar-refractivity contribution in [2.24, 2.45) is 0 Å². The van der Waals surface area contributed by atoms with Gasteiger partial charge >= 0.3 is 5.97 Å². The Morgan fingerprint density at radius 2 is 2.17 bits per heavy atom. The van der Waals surface area contributed by atoms with Crippen LogP contribution in [0.1, 0.15) is 30.0 Å². The summed E-state index contributed by atoms with van der Waals surface area (Å²) in [4.78, 5) is 17.8. The van der Waals surface area contributed by atoms with Gasteiger partial charge in [-0.1, -0.05) is 35.3 Å². The van der Waals surface area contributed by atoms with Gasteiger partial charge in [-0.05, 0) is 42.2 Å². The standard InChI is InChI=1S/C17H16Cl2N2O2/c18-12-5-6-13(14(19)9-12)16(11-3-1-7-20-10-11)21-8-2-4-15(21)17(22)23/h1,3,5-7,9-10,15-16H,2,4,8H2,(H,22,23). The first-order valence-electron chi connectivity index (χ1n) is 7.41. The van der Waals surface area contributed by atoms with Crippen molar-refractivity contribution >= 4 is 29.2 Å². The van der Waals surface area contributed by atoms with Crippen molar-refractivity contribution < 1.29 is 9.90 Å². The van der Waals surface area contributed by atoms with Gasteiger partial charge in [0, 0.05) is 29.0 Å². The largest absolute Gasteiger partial charge is 0.480 e. The number of pyridine rings is 1. The highest BCUT2D eigenvalue weighted by Gasteiger charge is 2.37. The number of halogens is 2. The minimum atomic E-state index is -0.804. The molecule has 2 atom stereocenters. The molecule has 1 saturated heterocycles. The van der Waals surface area contributed by atoms with Crippen molar-refractivity contribution in [3.63, 3.8) is 0 Å². The summed E-state index contributed by atoms with van der Waals surface area (Å²) < 4.78 is 0. The number of nitrogens with zero attached hydrogens (tertiary/aromatic N) is 2. The SMILES string of the molecule is O=C(O)C1CCCN1C(c1cccnc1)c1ccc(Cl)cc1Cl. The molecule has 1 fully saturated rings. The zero-order chi connectivity index (χ0) is 16.4. The molecule has 0 aliphatic carbocycles. The fraction of sp³-hybridized carbons (Fsp3) is 0.294. The van der Waals surface area contributed by atoms with E-state index in [1.54, 1.807) is 24.5 Å². The first-order chi connectivity index (χ1) is 11.1. The van der Waals surface area contributed by atoms with Crippen LogP contribution in [0.15, 0.2) is 42.7 Å². The van der Waals surface area contributed by atoms with Gasteiger partial charge in [-0.25, -0.2) is 0 Å². The third kappa shape index (κ3) is 3.34. The van der Waals surface area contributed by atoms with Crippen molar-refractivity contribution in [1.82, 2.24) is 9.88 Å². The lowest BCUT2D eigenvalue weighted by atomic mass is 9.97. The highest BCUT2D eigenvalue weighted by molar-refractivity contribution is 6.35. The molecule has 2 heterocycles. The second-order valence-electron chi connectivity index (χ2n) is 5.59. The molecule has 1 aromatic carbocycles. The maximum absolute atomic E-state index is 11.6. The van der Waals surface area contributed by atoms with E-state index in [4.69, 9.17) is 23.2 Å². The van der Waals surface area contributed by atoms with Crippen LogP contribution >= 0.6 is 23.2 Å². The Morgan fingerprint density at radius 3 is 2.83 bits per heavy atom. The zero-order valence-corrected chi connectivity index (χ0v) is 13.8. The van der Waals surface area contributed by atoms with Crippen LogP contribution in [0.5, 0.6) is 0 Å². The van der Waals surface area contributed by atoms with E-state index >= 15 is 0 Å². The minimum Gasteiger partial charge on any atom is -0.480 e. The van der Waals surface area contributed by atoms with Gasteiger partial charge in [-0.15, -0.1) is 0 Å². The zero-order valence-electron chi connectivity index (χ0n) is 12.3. The van der Waals surface area contributed by atoms with Crippen LogP contribution in [0.3, 0.4) is 0 Å². The number of aromatic nitrogens is 1. The molecule has 6 heteroatoms. The monoisotopic (exact) mass is 350 g/mol. The maximum Gasteiger partial charge on any atom is 0.320 e. The number of carboxylic acid groups (broad SMARTS) is 1. The fourth-order valence-electron chi connectivity index (χ4n) is 3.17. The molecule has 0 spiro atoms. The van der Waals surface area contributed by atoms with Crippen LogP contribution in [0, 0.1) is 0 Å². The van der Waals surface area contributed by atoms with Gasteiger partial charge in [0.25, 0.3) is 0 Å². The van der Waals surface area contributed by atoms with E-state index in [0.717, 1.165) is 17.5 Å². The normalized spacial score (nSPS) is 19.7. The smallest absolute Gasteiger partial charge is 0.320 e. The van der Waals surface area contributed by atoms with E-state index in [0.29, 0.717) is 23.0 Å². The number of hydrogen-bond acceptors (Lipinski definition) is 3. The number of carbonyl (C=O) groups is 1. The Hall–Kier alpha value is -1.62. The van der Waals surface area contributed by atoms with Crippen LogP contribution in [0.25, 0.3) is 0 Å². The predicted molar refractivity (Wildman–Crippen MR) is 89.9 cm³/mol. The van der Waals surface area contributed by atoms with Crippen LogP contribution in [-0.4, -0.2) is 33.5 Å². The van der Waals surface area contributed by atoms with E-state index in [9.17, 15) is 9.90 Å². The van der Waals surface area contributed by atoms with Crippen LogP contribution < -0.4 is 0 Å². The number of carboxylic acids is 1. The predicted octanol–water partition coefficient (Wildman–Crippen LogP) is 4.03. The topological polar surface area (TPSA) is 53.4 Å². The summed E-state index contributed by atoms with van der Waals surface area (Å²) in [5, 5.41) is 10.6. The highest BCUT2D eigenvalue weighted by atomic mass is 35.5. The van der Waals surface area contributed by atoms with Crippen molar-refractivity contribution in [3.8, 4) is 0 Å². The third-order valence-electron chi connectivity index (χ3n) is 4.17. The summed E-state index contributed by atoms with van der Waals surface area (Å²) in [6, 6.07) is 8.34. The molecule has 0 amide bonds. The Balaban J connectivity index is 2.09. The summed E-state index contributed by atoms with van der Waals surface area (Å²) in [6.45, 7) is 0.704.